The molecule has 0 atom stereocenters. The van der Waals surface area contributed by atoms with E-state index in [4.69, 9.17) is 10.5 Å². The van der Waals surface area contributed by atoms with Crippen molar-refractivity contribution in [3.63, 3.8) is 0 Å². The number of guanidine groups is 1. The summed E-state index contributed by atoms with van der Waals surface area (Å²) in [6, 6.07) is 14.8. The summed E-state index contributed by atoms with van der Waals surface area (Å²) >= 11 is 0. The van der Waals surface area contributed by atoms with Gasteiger partial charge in [-0.3, -0.25) is 4.79 Å². The fourth-order valence-electron chi connectivity index (χ4n) is 2.28. The molecule has 0 radical (unpaired) electrons. The van der Waals surface area contributed by atoms with Gasteiger partial charge in [0.1, 0.15) is 5.75 Å². The highest BCUT2D eigenvalue weighted by Gasteiger charge is 2.04. The number of nitrogens with zero attached hydrogens (tertiary/aromatic N) is 1. The van der Waals surface area contributed by atoms with Gasteiger partial charge in [0.2, 0.25) is 0 Å². The van der Waals surface area contributed by atoms with Gasteiger partial charge in [0.05, 0.1) is 13.7 Å². The number of hydrogen-bond donors (Lipinski definition) is 3. The smallest absolute Gasteiger partial charge is 0.251 e. The molecule has 4 N–H and O–H groups in total. The van der Waals surface area contributed by atoms with Crippen LogP contribution in [0.5, 0.6) is 5.75 Å². The van der Waals surface area contributed by atoms with Gasteiger partial charge < -0.3 is 21.1 Å². The van der Waals surface area contributed by atoms with Gasteiger partial charge in [0.25, 0.3) is 5.91 Å². The number of carbonyl (C=O) groups excluding carboxylic acids is 1. The third-order valence-corrected chi connectivity index (χ3v) is 3.83. The molecular weight excluding hydrogens is 455 g/mol. The summed E-state index contributed by atoms with van der Waals surface area (Å²) in [6.07, 6.45) is 2.04. The van der Waals surface area contributed by atoms with Gasteiger partial charge in [0, 0.05) is 17.8 Å². The molecule has 0 heterocycles. The maximum atomic E-state index is 12.0. The van der Waals surface area contributed by atoms with Crippen molar-refractivity contribution in [2.24, 2.45) is 10.7 Å². The molecule has 2 rings (SSSR count). The maximum absolute atomic E-state index is 12.0. The number of methoxy groups -OCH3 is 1. The zero-order valence-corrected chi connectivity index (χ0v) is 18.0. The summed E-state index contributed by atoms with van der Waals surface area (Å²) in [4.78, 5) is 16.3. The predicted octanol–water partition coefficient (Wildman–Crippen LogP) is 3.77. The SMILES string of the molecule is CCCCNC(=O)c1ccc(CN=C(N)Nc2ccc(OC)cc2)cc1.I. The molecular formula is C20H27IN4O2. The highest BCUT2D eigenvalue weighted by molar-refractivity contribution is 14.0. The highest BCUT2D eigenvalue weighted by atomic mass is 127. The van der Waals surface area contributed by atoms with Crippen molar-refractivity contribution in [3.05, 3.63) is 59.7 Å². The van der Waals surface area contributed by atoms with Gasteiger partial charge in [0.15, 0.2) is 5.96 Å². The van der Waals surface area contributed by atoms with Crippen LogP contribution in [0.1, 0.15) is 35.7 Å². The maximum Gasteiger partial charge on any atom is 0.251 e. The summed E-state index contributed by atoms with van der Waals surface area (Å²) < 4.78 is 5.12. The minimum Gasteiger partial charge on any atom is -0.497 e. The number of carbonyl (C=O) groups is 1. The van der Waals surface area contributed by atoms with Crippen molar-refractivity contribution in [2.45, 2.75) is 26.3 Å². The lowest BCUT2D eigenvalue weighted by atomic mass is 10.1. The average molecular weight is 482 g/mol. The molecule has 7 heteroatoms. The van der Waals surface area contributed by atoms with Crippen molar-refractivity contribution < 1.29 is 9.53 Å². The van der Waals surface area contributed by atoms with E-state index in [1.54, 1.807) is 19.2 Å². The number of halogens is 1. The second kappa shape index (κ2) is 12.2. The Morgan fingerprint density at radius 3 is 2.37 bits per heavy atom. The number of benzene rings is 2. The molecule has 0 aromatic heterocycles. The zero-order chi connectivity index (χ0) is 18.8. The second-order valence-electron chi connectivity index (χ2n) is 5.86. The number of rotatable bonds is 8. The second-order valence-corrected chi connectivity index (χ2v) is 5.86. The molecule has 0 fully saturated rings. The van der Waals surface area contributed by atoms with E-state index in [1.807, 2.05) is 36.4 Å². The number of nitrogens with one attached hydrogen (secondary N) is 2. The first-order chi connectivity index (χ1) is 12.6. The van der Waals surface area contributed by atoms with Gasteiger partial charge in [-0.05, 0) is 48.4 Å². The third kappa shape index (κ3) is 7.86. The minimum atomic E-state index is -0.0470. The fourth-order valence-corrected chi connectivity index (χ4v) is 2.28. The molecule has 0 spiro atoms. The number of anilines is 1. The summed E-state index contributed by atoms with van der Waals surface area (Å²) in [7, 11) is 1.62. The zero-order valence-electron chi connectivity index (χ0n) is 15.7. The Hall–Kier alpha value is -2.29. The number of hydrogen-bond acceptors (Lipinski definition) is 3. The molecule has 0 unspecified atom stereocenters. The van der Waals surface area contributed by atoms with Gasteiger partial charge in [-0.25, -0.2) is 4.99 Å². The molecule has 1 amide bonds. The van der Waals surface area contributed by atoms with Crippen molar-refractivity contribution >= 4 is 41.5 Å². The van der Waals surface area contributed by atoms with Gasteiger partial charge >= 0.3 is 0 Å². The van der Waals surface area contributed by atoms with E-state index in [0.29, 0.717) is 24.6 Å². The van der Waals surface area contributed by atoms with Crippen LogP contribution in [0.2, 0.25) is 0 Å². The standard InChI is InChI=1S/C20H26N4O2.HI/c1-3-4-13-22-19(25)16-7-5-15(6-8-16)14-23-20(21)24-17-9-11-18(26-2)12-10-17;/h5-12H,3-4,13-14H2,1-2H3,(H,22,25)(H3,21,23,24);1H. The first-order valence-corrected chi connectivity index (χ1v) is 8.70. The lowest BCUT2D eigenvalue weighted by molar-refractivity contribution is 0.0953. The monoisotopic (exact) mass is 482 g/mol. The summed E-state index contributed by atoms with van der Waals surface area (Å²) in [6.45, 7) is 3.23. The molecule has 0 aliphatic heterocycles. The number of ether oxygens (including phenoxy) is 1. The molecule has 0 aliphatic carbocycles. The largest absolute Gasteiger partial charge is 0.497 e. The summed E-state index contributed by atoms with van der Waals surface area (Å²) in [5, 5.41) is 5.93. The molecule has 0 aliphatic rings. The van der Waals surface area contributed by atoms with E-state index in [2.05, 4.69) is 22.5 Å². The van der Waals surface area contributed by atoms with Gasteiger partial charge in [-0.2, -0.15) is 0 Å². The third-order valence-electron chi connectivity index (χ3n) is 3.83. The number of unbranched alkanes of at least 4 members (excludes halogenated alkanes) is 1. The summed E-state index contributed by atoms with van der Waals surface area (Å²) in [5.41, 5.74) is 8.38. The Morgan fingerprint density at radius 1 is 1.11 bits per heavy atom. The van der Waals surface area contributed by atoms with Crippen LogP contribution in [0.25, 0.3) is 0 Å². The van der Waals surface area contributed by atoms with Crippen LogP contribution in [0, 0.1) is 0 Å². The molecule has 2 aromatic carbocycles. The Bertz CT molecular complexity index is 731. The van der Waals surface area contributed by atoms with Crippen molar-refractivity contribution in [1.29, 1.82) is 0 Å². The predicted molar refractivity (Wildman–Crippen MR) is 121 cm³/mol. The number of amides is 1. The molecule has 0 saturated heterocycles. The number of aliphatic imine (C=N–C) groups is 1. The normalized spacial score (nSPS) is 10.7. The Kier molecular flexibility index (Phi) is 10.2. The van der Waals surface area contributed by atoms with Crippen LogP contribution >= 0.6 is 24.0 Å². The average Bonchev–Trinajstić information content (AvgIpc) is 2.67. The lowest BCUT2D eigenvalue weighted by Crippen LogP contribution is -2.24. The van der Waals surface area contributed by atoms with E-state index in [0.717, 1.165) is 29.8 Å². The van der Waals surface area contributed by atoms with Crippen LogP contribution < -0.4 is 21.1 Å². The fraction of sp³-hybridized carbons (Fsp3) is 0.300. The first kappa shape index (κ1) is 22.8. The lowest BCUT2D eigenvalue weighted by Gasteiger charge is -2.07. The van der Waals surface area contributed by atoms with E-state index < -0.39 is 0 Å². The van der Waals surface area contributed by atoms with E-state index in [1.165, 1.54) is 0 Å². The molecule has 6 nitrogen and oxygen atoms in total. The highest BCUT2D eigenvalue weighted by Crippen LogP contribution is 2.14. The van der Waals surface area contributed by atoms with Gasteiger partial charge in [-0.1, -0.05) is 25.5 Å². The molecule has 27 heavy (non-hydrogen) atoms. The van der Waals surface area contributed by atoms with Crippen LogP contribution in [0.15, 0.2) is 53.5 Å². The minimum absolute atomic E-state index is 0. The van der Waals surface area contributed by atoms with Crippen LogP contribution in [-0.4, -0.2) is 25.5 Å². The number of nitrogens with two attached hydrogens (primary N) is 1. The van der Waals surface area contributed by atoms with Crippen molar-refractivity contribution in [1.82, 2.24) is 5.32 Å². The quantitative estimate of drug-likeness (QED) is 0.231. The van der Waals surface area contributed by atoms with E-state index in [-0.39, 0.29) is 29.9 Å². The Balaban J connectivity index is 0.00000364. The first-order valence-electron chi connectivity index (χ1n) is 8.70. The molecule has 0 saturated carbocycles. The molecule has 2 aromatic rings. The van der Waals surface area contributed by atoms with E-state index in [9.17, 15) is 4.79 Å². The van der Waals surface area contributed by atoms with E-state index >= 15 is 0 Å². The topological polar surface area (TPSA) is 88.7 Å². The van der Waals surface area contributed by atoms with Crippen LogP contribution in [-0.2, 0) is 6.54 Å². The molecule has 0 bridgehead atoms. The van der Waals surface area contributed by atoms with Gasteiger partial charge in [-0.15, -0.1) is 24.0 Å². The van der Waals surface area contributed by atoms with Crippen molar-refractivity contribution in [2.75, 3.05) is 19.0 Å². The van der Waals surface area contributed by atoms with Crippen LogP contribution in [0.3, 0.4) is 0 Å². The van der Waals surface area contributed by atoms with Crippen molar-refractivity contribution in [3.8, 4) is 5.75 Å². The van der Waals surface area contributed by atoms with Crippen LogP contribution in [0.4, 0.5) is 5.69 Å². The molecule has 146 valence electrons. The Morgan fingerprint density at radius 2 is 1.78 bits per heavy atom. The summed E-state index contributed by atoms with van der Waals surface area (Å²) in [5.74, 6) is 1.07. The Labute approximate surface area is 177 Å².